The Bertz CT molecular complexity index is 753. The number of hydrogen-bond donors (Lipinski definition) is 3. The summed E-state index contributed by atoms with van der Waals surface area (Å²) in [6.45, 7) is 0.862. The SMILES string of the molecule is O=C(CC1CC=CCCCCC(=O)OCC(Cc2ccccc2)NC1=O)NCCOCCO. The summed E-state index contributed by atoms with van der Waals surface area (Å²) in [5.74, 6) is -1.26. The fourth-order valence-electron chi connectivity index (χ4n) is 3.55. The monoisotopic (exact) mass is 460 g/mol. The number of ether oxygens (including phenoxy) is 2. The van der Waals surface area contributed by atoms with Crippen LogP contribution < -0.4 is 10.6 Å². The highest BCUT2D eigenvalue weighted by molar-refractivity contribution is 5.86. The summed E-state index contributed by atoms with van der Waals surface area (Å²) in [6, 6.07) is 9.32. The van der Waals surface area contributed by atoms with Crippen molar-refractivity contribution in [2.24, 2.45) is 5.92 Å². The molecule has 1 heterocycles. The number of nitrogens with one attached hydrogen (secondary N) is 2. The molecule has 3 N–H and O–H groups in total. The van der Waals surface area contributed by atoms with E-state index in [0.717, 1.165) is 24.8 Å². The van der Waals surface area contributed by atoms with Crippen molar-refractivity contribution in [3.8, 4) is 0 Å². The maximum absolute atomic E-state index is 13.1. The Hall–Kier alpha value is -2.71. The highest BCUT2D eigenvalue weighted by Gasteiger charge is 2.24. The normalized spacial score (nSPS) is 20.4. The van der Waals surface area contributed by atoms with Crippen LogP contribution in [0.3, 0.4) is 0 Å². The van der Waals surface area contributed by atoms with Crippen molar-refractivity contribution < 1.29 is 29.0 Å². The number of allylic oxidation sites excluding steroid dienone is 2. The van der Waals surface area contributed by atoms with E-state index in [0.29, 0.717) is 32.4 Å². The van der Waals surface area contributed by atoms with E-state index in [4.69, 9.17) is 14.6 Å². The van der Waals surface area contributed by atoms with E-state index in [9.17, 15) is 14.4 Å². The molecule has 0 saturated carbocycles. The molecule has 1 aliphatic heterocycles. The van der Waals surface area contributed by atoms with E-state index < -0.39 is 5.92 Å². The molecule has 0 spiro atoms. The lowest BCUT2D eigenvalue weighted by atomic mass is 9.97. The maximum atomic E-state index is 13.1. The first-order valence-corrected chi connectivity index (χ1v) is 11.7. The zero-order valence-corrected chi connectivity index (χ0v) is 19.2. The minimum Gasteiger partial charge on any atom is -0.463 e. The predicted octanol–water partition coefficient (Wildman–Crippen LogP) is 1.91. The summed E-state index contributed by atoms with van der Waals surface area (Å²) in [4.78, 5) is 37.6. The van der Waals surface area contributed by atoms with Crippen LogP contribution in [0.5, 0.6) is 0 Å². The van der Waals surface area contributed by atoms with E-state index in [2.05, 4.69) is 10.6 Å². The highest BCUT2D eigenvalue weighted by atomic mass is 16.5. The molecule has 1 aromatic carbocycles. The van der Waals surface area contributed by atoms with Crippen LogP contribution in [-0.4, -0.2) is 61.9 Å². The smallest absolute Gasteiger partial charge is 0.305 e. The van der Waals surface area contributed by atoms with Gasteiger partial charge < -0.3 is 25.2 Å². The van der Waals surface area contributed by atoms with Crippen LogP contribution >= 0.6 is 0 Å². The first-order chi connectivity index (χ1) is 16.1. The summed E-state index contributed by atoms with van der Waals surface area (Å²) in [7, 11) is 0. The van der Waals surface area contributed by atoms with E-state index in [-0.39, 0.29) is 50.1 Å². The second-order valence-electron chi connectivity index (χ2n) is 8.12. The highest BCUT2D eigenvalue weighted by Crippen LogP contribution is 2.14. The number of carbonyl (C=O) groups excluding carboxylic acids is 3. The minimum absolute atomic E-state index is 0.0496. The third kappa shape index (κ3) is 11.6. The molecule has 1 aliphatic rings. The molecule has 33 heavy (non-hydrogen) atoms. The molecule has 0 saturated heterocycles. The average molecular weight is 461 g/mol. The number of rotatable bonds is 9. The first-order valence-electron chi connectivity index (χ1n) is 11.7. The van der Waals surface area contributed by atoms with Gasteiger partial charge in [-0.3, -0.25) is 14.4 Å². The van der Waals surface area contributed by atoms with Crippen molar-refractivity contribution in [2.45, 2.75) is 51.0 Å². The molecule has 2 unspecified atom stereocenters. The van der Waals surface area contributed by atoms with Gasteiger partial charge in [-0.1, -0.05) is 42.5 Å². The molecule has 0 fully saturated rings. The quantitative estimate of drug-likeness (QED) is 0.295. The third-order valence-corrected chi connectivity index (χ3v) is 5.31. The summed E-state index contributed by atoms with van der Waals surface area (Å²) < 4.78 is 10.6. The van der Waals surface area contributed by atoms with E-state index in [1.807, 2.05) is 42.5 Å². The van der Waals surface area contributed by atoms with Gasteiger partial charge in [0.2, 0.25) is 11.8 Å². The van der Waals surface area contributed by atoms with Gasteiger partial charge in [-0.05, 0) is 37.7 Å². The lowest BCUT2D eigenvalue weighted by molar-refractivity contribution is -0.145. The van der Waals surface area contributed by atoms with E-state index in [1.54, 1.807) is 0 Å². The van der Waals surface area contributed by atoms with Crippen molar-refractivity contribution in [1.29, 1.82) is 0 Å². The molecule has 0 radical (unpaired) electrons. The van der Waals surface area contributed by atoms with Gasteiger partial charge in [0.05, 0.1) is 31.8 Å². The third-order valence-electron chi connectivity index (χ3n) is 5.31. The Labute approximate surface area is 195 Å². The number of hydrogen-bond acceptors (Lipinski definition) is 6. The van der Waals surface area contributed by atoms with Crippen LogP contribution in [0.25, 0.3) is 0 Å². The Morgan fingerprint density at radius 3 is 2.76 bits per heavy atom. The molecular weight excluding hydrogens is 424 g/mol. The van der Waals surface area contributed by atoms with Crippen molar-refractivity contribution >= 4 is 17.8 Å². The van der Waals surface area contributed by atoms with Gasteiger partial charge in [0.25, 0.3) is 0 Å². The van der Waals surface area contributed by atoms with Crippen LogP contribution in [0, 0.1) is 5.92 Å². The average Bonchev–Trinajstić information content (AvgIpc) is 2.81. The molecule has 8 nitrogen and oxygen atoms in total. The second kappa shape index (κ2) is 16.0. The molecule has 2 amide bonds. The van der Waals surface area contributed by atoms with E-state index >= 15 is 0 Å². The number of cyclic esters (lactones) is 1. The van der Waals surface area contributed by atoms with Gasteiger partial charge >= 0.3 is 5.97 Å². The van der Waals surface area contributed by atoms with Crippen molar-refractivity contribution in [2.75, 3.05) is 33.0 Å². The van der Waals surface area contributed by atoms with Crippen molar-refractivity contribution in [3.05, 3.63) is 48.0 Å². The number of aliphatic hydroxyl groups excluding tert-OH is 1. The molecule has 8 heteroatoms. The Morgan fingerprint density at radius 2 is 1.97 bits per heavy atom. The molecule has 2 atom stereocenters. The number of amides is 2. The van der Waals surface area contributed by atoms with Gasteiger partial charge in [0.15, 0.2) is 0 Å². The lowest BCUT2D eigenvalue weighted by Crippen LogP contribution is -2.44. The summed E-state index contributed by atoms with van der Waals surface area (Å²) in [5, 5.41) is 14.5. The Kier molecular flexibility index (Phi) is 12.9. The van der Waals surface area contributed by atoms with Crippen molar-refractivity contribution in [1.82, 2.24) is 10.6 Å². The maximum Gasteiger partial charge on any atom is 0.305 e. The van der Waals surface area contributed by atoms with E-state index in [1.165, 1.54) is 0 Å². The van der Waals surface area contributed by atoms with Gasteiger partial charge in [-0.15, -0.1) is 0 Å². The largest absolute Gasteiger partial charge is 0.463 e. The Balaban J connectivity index is 2.03. The van der Waals surface area contributed by atoms with Crippen molar-refractivity contribution in [3.63, 3.8) is 0 Å². The zero-order chi connectivity index (χ0) is 23.7. The summed E-state index contributed by atoms with van der Waals surface area (Å²) in [5.41, 5.74) is 1.03. The van der Waals surface area contributed by atoms with Crippen LogP contribution in [0.4, 0.5) is 0 Å². The second-order valence-corrected chi connectivity index (χ2v) is 8.12. The summed E-state index contributed by atoms with van der Waals surface area (Å²) >= 11 is 0. The van der Waals surface area contributed by atoms with Gasteiger partial charge in [0.1, 0.15) is 6.61 Å². The number of aliphatic hydroxyl groups is 1. The molecule has 1 aromatic rings. The van der Waals surface area contributed by atoms with Gasteiger partial charge in [-0.2, -0.15) is 0 Å². The standard InChI is InChI=1S/C25H36N2O6/c28-14-16-32-15-13-26-23(29)18-21-11-7-2-1-3-8-12-24(30)33-19-22(27-25(21)31)17-20-9-5-4-6-10-20/h2,4-7,9-10,21-22,28H,1,3,8,11-19H2,(H,26,29)(H,27,31). The molecule has 182 valence electrons. The topological polar surface area (TPSA) is 114 Å². The minimum atomic E-state index is -0.531. The fourth-order valence-corrected chi connectivity index (χ4v) is 3.55. The molecular formula is C25H36N2O6. The fraction of sp³-hybridized carbons (Fsp3) is 0.560. The number of carbonyl (C=O) groups is 3. The number of benzene rings is 1. The first kappa shape index (κ1) is 26.5. The number of esters is 1. The van der Waals surface area contributed by atoms with Crippen LogP contribution in [-0.2, 0) is 30.3 Å². The van der Waals surface area contributed by atoms with Gasteiger partial charge in [0, 0.05) is 19.4 Å². The molecule has 0 aliphatic carbocycles. The predicted molar refractivity (Wildman–Crippen MR) is 124 cm³/mol. The van der Waals surface area contributed by atoms with Crippen LogP contribution in [0.2, 0.25) is 0 Å². The molecule has 2 rings (SSSR count). The molecule has 0 bridgehead atoms. The Morgan fingerprint density at radius 1 is 1.15 bits per heavy atom. The van der Waals surface area contributed by atoms with Gasteiger partial charge in [-0.25, -0.2) is 0 Å². The van der Waals surface area contributed by atoms with Crippen LogP contribution in [0.1, 0.15) is 44.1 Å². The summed E-state index contributed by atoms with van der Waals surface area (Å²) in [6.07, 6.45) is 7.77. The van der Waals surface area contributed by atoms with Crippen LogP contribution in [0.15, 0.2) is 42.5 Å². The zero-order valence-electron chi connectivity index (χ0n) is 19.2. The molecule has 0 aromatic heterocycles. The lowest BCUT2D eigenvalue weighted by Gasteiger charge is -2.23.